The molecule has 2 amide bonds. The maximum absolute atomic E-state index is 14.5. The number of carbonyl (C=O) groups is 2. The molecule has 3 rings (SSSR count). The minimum absolute atomic E-state index is 0.0258. The van der Waals surface area contributed by atoms with Crippen molar-refractivity contribution < 1.29 is 23.5 Å². The summed E-state index contributed by atoms with van der Waals surface area (Å²) in [5, 5.41) is 12.3. The van der Waals surface area contributed by atoms with Crippen LogP contribution in [0.1, 0.15) is 31.2 Å². The highest BCUT2D eigenvalue weighted by Crippen LogP contribution is 2.42. The van der Waals surface area contributed by atoms with Crippen molar-refractivity contribution in [2.24, 2.45) is 0 Å². The molecule has 1 saturated heterocycles. The summed E-state index contributed by atoms with van der Waals surface area (Å²) in [4.78, 5) is 28.5. The number of aliphatic hydroxyl groups is 1. The quantitative estimate of drug-likeness (QED) is 0.799. The van der Waals surface area contributed by atoms with Gasteiger partial charge in [-0.05, 0) is 37.6 Å². The van der Waals surface area contributed by atoms with Crippen molar-refractivity contribution in [3.8, 4) is 0 Å². The van der Waals surface area contributed by atoms with Crippen molar-refractivity contribution in [1.82, 2.24) is 9.80 Å². The molecule has 0 spiro atoms. The molecule has 2 aliphatic rings. The van der Waals surface area contributed by atoms with Crippen molar-refractivity contribution in [1.29, 1.82) is 0 Å². The van der Waals surface area contributed by atoms with Crippen LogP contribution in [-0.2, 0) is 16.0 Å². The zero-order valence-electron chi connectivity index (χ0n) is 16.1. The second-order valence-electron chi connectivity index (χ2n) is 7.83. The molecular weight excluding hydrogens is 368 g/mol. The normalized spacial score (nSPS) is 20.2. The lowest BCUT2D eigenvalue weighted by molar-refractivity contribution is -0.185. The highest BCUT2D eigenvalue weighted by Gasteiger charge is 2.59. The van der Waals surface area contributed by atoms with E-state index in [4.69, 9.17) is 0 Å². The van der Waals surface area contributed by atoms with E-state index in [1.165, 1.54) is 12.1 Å². The predicted molar refractivity (Wildman–Crippen MR) is 101 cm³/mol. The molecule has 2 fully saturated rings. The van der Waals surface area contributed by atoms with Crippen molar-refractivity contribution in [3.63, 3.8) is 0 Å². The Morgan fingerprint density at radius 3 is 2.46 bits per heavy atom. The van der Waals surface area contributed by atoms with Gasteiger partial charge in [0.05, 0.1) is 6.42 Å². The summed E-state index contributed by atoms with van der Waals surface area (Å²) in [7, 11) is 2.01. The fourth-order valence-corrected chi connectivity index (χ4v) is 3.80. The number of nitrogens with zero attached hydrogens (tertiary/aromatic N) is 2. The van der Waals surface area contributed by atoms with Crippen molar-refractivity contribution in [3.05, 3.63) is 29.8 Å². The largest absolute Gasteiger partial charge is 0.383 e. The van der Waals surface area contributed by atoms with Crippen LogP contribution in [-0.4, -0.2) is 71.5 Å². The van der Waals surface area contributed by atoms with E-state index in [1.807, 2.05) is 7.05 Å². The third-order valence-electron chi connectivity index (χ3n) is 5.70. The number of hydrogen-bond acceptors (Lipinski definition) is 4. The summed E-state index contributed by atoms with van der Waals surface area (Å²) in [6.45, 7) is 2.97. The van der Waals surface area contributed by atoms with Crippen molar-refractivity contribution in [2.45, 2.75) is 43.6 Å². The van der Waals surface area contributed by atoms with Gasteiger partial charge in [-0.15, -0.1) is 0 Å². The topological polar surface area (TPSA) is 72.9 Å². The van der Waals surface area contributed by atoms with Gasteiger partial charge in [-0.1, -0.05) is 25.0 Å². The molecule has 0 aromatic heterocycles. The number of halogens is 2. The second-order valence-corrected chi connectivity index (χ2v) is 7.83. The standard InChI is InChI=1S/C20H27F2N3O3/c1-24-9-11-25(12-10-24)17(26)14-15-5-4-6-16(13-15)23-18(27)20(21,22)19(28)7-2-3-8-19/h4-6,13,28H,2-3,7-12,14H2,1H3,(H,23,27). The number of carbonyl (C=O) groups excluding carboxylic acids is 2. The van der Waals surface area contributed by atoms with Crippen LogP contribution in [0.5, 0.6) is 0 Å². The summed E-state index contributed by atoms with van der Waals surface area (Å²) < 4.78 is 28.9. The van der Waals surface area contributed by atoms with Gasteiger partial charge in [0.25, 0.3) is 5.91 Å². The number of anilines is 1. The maximum Gasteiger partial charge on any atom is 0.352 e. The van der Waals surface area contributed by atoms with Gasteiger partial charge in [-0.2, -0.15) is 8.78 Å². The first-order chi connectivity index (χ1) is 13.2. The minimum atomic E-state index is -3.87. The molecule has 6 nitrogen and oxygen atoms in total. The highest BCUT2D eigenvalue weighted by molar-refractivity contribution is 5.97. The Hall–Kier alpha value is -2.06. The fourth-order valence-electron chi connectivity index (χ4n) is 3.80. The van der Waals surface area contributed by atoms with E-state index < -0.39 is 17.4 Å². The molecule has 0 radical (unpaired) electrons. The van der Waals surface area contributed by atoms with E-state index in [0.717, 1.165) is 13.1 Å². The van der Waals surface area contributed by atoms with E-state index in [0.29, 0.717) is 31.5 Å². The third-order valence-corrected chi connectivity index (χ3v) is 5.70. The van der Waals surface area contributed by atoms with E-state index in [2.05, 4.69) is 10.2 Å². The van der Waals surface area contributed by atoms with Crippen molar-refractivity contribution >= 4 is 17.5 Å². The molecule has 1 aliphatic heterocycles. The molecule has 154 valence electrons. The molecule has 2 N–H and O–H groups in total. The molecule has 1 aliphatic carbocycles. The number of piperazine rings is 1. The van der Waals surface area contributed by atoms with Gasteiger partial charge in [0.2, 0.25) is 5.91 Å². The van der Waals surface area contributed by atoms with Gasteiger partial charge >= 0.3 is 5.92 Å². The smallest absolute Gasteiger partial charge is 0.352 e. The Morgan fingerprint density at radius 2 is 1.82 bits per heavy atom. The molecule has 0 atom stereocenters. The molecule has 8 heteroatoms. The molecule has 0 unspecified atom stereocenters. The van der Waals surface area contributed by atoms with Gasteiger partial charge in [-0.25, -0.2) is 0 Å². The number of nitrogens with one attached hydrogen (secondary N) is 1. The second kappa shape index (κ2) is 8.13. The number of hydrogen-bond donors (Lipinski definition) is 2. The lowest BCUT2D eigenvalue weighted by Crippen LogP contribution is -2.53. The molecular formula is C20H27F2N3O3. The van der Waals surface area contributed by atoms with Crippen LogP contribution in [0.2, 0.25) is 0 Å². The summed E-state index contributed by atoms with van der Waals surface area (Å²) in [5.74, 6) is -5.41. The first-order valence-corrected chi connectivity index (χ1v) is 9.68. The van der Waals surface area contributed by atoms with Crippen LogP contribution in [0.15, 0.2) is 24.3 Å². The first-order valence-electron chi connectivity index (χ1n) is 9.68. The number of likely N-dealkylation sites (N-methyl/N-ethyl adjacent to an activating group) is 1. The van der Waals surface area contributed by atoms with Gasteiger partial charge in [0.1, 0.15) is 5.60 Å². The van der Waals surface area contributed by atoms with Crippen LogP contribution in [0.3, 0.4) is 0 Å². The van der Waals surface area contributed by atoms with Crippen LogP contribution in [0.25, 0.3) is 0 Å². The van der Waals surface area contributed by atoms with E-state index in [1.54, 1.807) is 17.0 Å². The SMILES string of the molecule is CN1CCN(C(=O)Cc2cccc(NC(=O)C(F)(F)C3(O)CCCC3)c2)CC1. The maximum atomic E-state index is 14.5. The third kappa shape index (κ3) is 4.33. The van der Waals surface area contributed by atoms with E-state index in [9.17, 15) is 23.5 Å². The number of rotatable bonds is 5. The zero-order valence-corrected chi connectivity index (χ0v) is 16.1. The Bertz CT molecular complexity index is 727. The van der Waals surface area contributed by atoms with Crippen LogP contribution in [0, 0.1) is 0 Å². The summed E-state index contributed by atoms with van der Waals surface area (Å²) in [6.07, 6.45) is 0.917. The highest BCUT2D eigenvalue weighted by atomic mass is 19.3. The predicted octanol–water partition coefficient (Wildman–Crippen LogP) is 1.88. The van der Waals surface area contributed by atoms with Gasteiger partial charge in [0, 0.05) is 31.9 Å². The molecule has 28 heavy (non-hydrogen) atoms. The average molecular weight is 395 g/mol. The lowest BCUT2D eigenvalue weighted by Gasteiger charge is -2.32. The van der Waals surface area contributed by atoms with Crippen LogP contribution < -0.4 is 5.32 Å². The number of amides is 2. The van der Waals surface area contributed by atoms with Gasteiger partial charge < -0.3 is 20.2 Å². The van der Waals surface area contributed by atoms with Gasteiger partial charge in [0.15, 0.2) is 0 Å². The Kier molecular flexibility index (Phi) is 6.00. The van der Waals surface area contributed by atoms with Crippen molar-refractivity contribution in [2.75, 3.05) is 38.5 Å². The fraction of sp³-hybridized carbons (Fsp3) is 0.600. The summed E-state index contributed by atoms with van der Waals surface area (Å²) in [6, 6.07) is 6.37. The van der Waals surface area contributed by atoms with E-state index >= 15 is 0 Å². The summed E-state index contributed by atoms with van der Waals surface area (Å²) in [5.41, 5.74) is -1.45. The molecule has 1 heterocycles. The summed E-state index contributed by atoms with van der Waals surface area (Å²) >= 11 is 0. The molecule has 1 aromatic carbocycles. The zero-order chi connectivity index (χ0) is 20.4. The van der Waals surface area contributed by atoms with Crippen LogP contribution >= 0.6 is 0 Å². The van der Waals surface area contributed by atoms with E-state index in [-0.39, 0.29) is 30.9 Å². The van der Waals surface area contributed by atoms with Gasteiger partial charge in [-0.3, -0.25) is 9.59 Å². The average Bonchev–Trinajstić information content (AvgIpc) is 3.11. The number of benzene rings is 1. The monoisotopic (exact) mass is 395 g/mol. The minimum Gasteiger partial charge on any atom is -0.383 e. The van der Waals surface area contributed by atoms with Crippen LogP contribution in [0.4, 0.5) is 14.5 Å². The molecule has 1 aromatic rings. The first kappa shape index (κ1) is 20.7. The Labute approximate surface area is 163 Å². The Balaban J connectivity index is 1.63. The lowest BCUT2D eigenvalue weighted by atomic mass is 9.93. The molecule has 1 saturated carbocycles. The number of alkyl halides is 2. The Morgan fingerprint density at radius 1 is 1.18 bits per heavy atom. The molecule has 0 bridgehead atoms.